The summed E-state index contributed by atoms with van der Waals surface area (Å²) in [6.45, 7) is 3.87. The molecule has 126 valence electrons. The van der Waals surface area contributed by atoms with E-state index in [0.717, 1.165) is 5.56 Å². The molecule has 0 aromatic heterocycles. The topological polar surface area (TPSA) is 95.2 Å². The summed E-state index contributed by atoms with van der Waals surface area (Å²) in [5.41, 5.74) is 8.48. The molecule has 1 aromatic rings. The predicted octanol–water partition coefficient (Wildman–Crippen LogP) is 1.96. The van der Waals surface area contributed by atoms with Crippen molar-refractivity contribution in [3.05, 3.63) is 22.2 Å². The van der Waals surface area contributed by atoms with E-state index in [-0.39, 0.29) is 5.11 Å². The van der Waals surface area contributed by atoms with Gasteiger partial charge in [0, 0.05) is 0 Å². The van der Waals surface area contributed by atoms with Crippen LogP contribution in [-0.4, -0.2) is 37.1 Å². The minimum Gasteiger partial charge on any atom is -0.490 e. The Bertz CT molecular complexity index is 610. The average Bonchev–Trinajstić information content (AvgIpc) is 2.49. The molecule has 0 bridgehead atoms. The van der Waals surface area contributed by atoms with Crippen molar-refractivity contribution in [3.63, 3.8) is 0 Å². The quantitative estimate of drug-likeness (QED) is 0.311. The number of nitrogens with one attached hydrogen (secondary N) is 1. The second-order valence-electron chi connectivity index (χ2n) is 4.28. The zero-order chi connectivity index (χ0) is 17.4. The van der Waals surface area contributed by atoms with Crippen LogP contribution in [0.15, 0.2) is 21.7 Å². The van der Waals surface area contributed by atoms with Gasteiger partial charge in [0.05, 0.1) is 24.4 Å². The van der Waals surface area contributed by atoms with Crippen LogP contribution in [0.1, 0.15) is 19.4 Å². The lowest BCUT2D eigenvalue weighted by molar-refractivity contribution is -0.147. The summed E-state index contributed by atoms with van der Waals surface area (Å²) >= 11 is 8.06. The van der Waals surface area contributed by atoms with Crippen molar-refractivity contribution in [2.75, 3.05) is 13.7 Å². The molecule has 0 aliphatic carbocycles. The van der Waals surface area contributed by atoms with Crippen molar-refractivity contribution in [2.24, 2.45) is 10.8 Å². The maximum Gasteiger partial charge on any atom is 0.346 e. The highest BCUT2D eigenvalue weighted by Crippen LogP contribution is 2.37. The van der Waals surface area contributed by atoms with Crippen LogP contribution in [0.4, 0.5) is 0 Å². The molecular weight excluding hydrogens is 386 g/mol. The number of methoxy groups -OCH3 is 1. The molecule has 7 nitrogen and oxygen atoms in total. The molecule has 23 heavy (non-hydrogen) atoms. The summed E-state index contributed by atoms with van der Waals surface area (Å²) in [7, 11) is 1.30. The van der Waals surface area contributed by atoms with E-state index in [2.05, 4.69) is 43.4 Å². The summed E-state index contributed by atoms with van der Waals surface area (Å²) in [5, 5.41) is 3.95. The molecule has 0 saturated carbocycles. The molecule has 1 aromatic carbocycles. The zero-order valence-corrected chi connectivity index (χ0v) is 15.4. The highest BCUT2D eigenvalue weighted by atomic mass is 79.9. The van der Waals surface area contributed by atoms with E-state index in [1.165, 1.54) is 13.3 Å². The van der Waals surface area contributed by atoms with Crippen LogP contribution in [0.5, 0.6) is 11.5 Å². The van der Waals surface area contributed by atoms with Gasteiger partial charge in [-0.3, -0.25) is 5.43 Å². The fourth-order valence-corrected chi connectivity index (χ4v) is 2.21. The lowest BCUT2D eigenvalue weighted by Crippen LogP contribution is -2.25. The van der Waals surface area contributed by atoms with E-state index in [9.17, 15) is 4.79 Å². The Hall–Kier alpha value is -1.87. The summed E-state index contributed by atoms with van der Waals surface area (Å²) in [5.74, 6) is 0.393. The van der Waals surface area contributed by atoms with E-state index in [4.69, 9.17) is 15.2 Å². The van der Waals surface area contributed by atoms with Crippen LogP contribution in [0.3, 0.4) is 0 Å². The molecule has 1 unspecified atom stereocenters. The molecule has 9 heteroatoms. The Morgan fingerprint density at radius 2 is 2.26 bits per heavy atom. The third-order valence-corrected chi connectivity index (χ3v) is 3.23. The number of carbonyl (C=O) groups is 1. The average molecular weight is 404 g/mol. The first-order valence-electron chi connectivity index (χ1n) is 6.68. The van der Waals surface area contributed by atoms with E-state index >= 15 is 0 Å². The Morgan fingerprint density at radius 3 is 2.83 bits per heavy atom. The fraction of sp³-hybridized carbons (Fsp3) is 0.357. The minimum atomic E-state index is -0.772. The summed E-state index contributed by atoms with van der Waals surface area (Å²) in [6, 6.07) is 3.48. The molecule has 0 amide bonds. The Kier molecular flexibility index (Phi) is 7.76. The van der Waals surface area contributed by atoms with Crippen LogP contribution in [0, 0.1) is 0 Å². The molecule has 3 N–H and O–H groups in total. The summed E-state index contributed by atoms with van der Waals surface area (Å²) in [4.78, 5) is 11.5. The second kappa shape index (κ2) is 9.31. The Labute approximate surface area is 148 Å². The number of esters is 1. The molecule has 0 aliphatic heterocycles. The van der Waals surface area contributed by atoms with Gasteiger partial charge in [-0.15, -0.1) is 0 Å². The summed E-state index contributed by atoms with van der Waals surface area (Å²) in [6.07, 6.45) is 0.756. The number of nitrogens with zero attached hydrogens (tertiary/aromatic N) is 1. The highest BCUT2D eigenvalue weighted by Gasteiger charge is 2.20. The van der Waals surface area contributed by atoms with Crippen molar-refractivity contribution >= 4 is 45.4 Å². The molecule has 1 atom stereocenters. The van der Waals surface area contributed by atoms with Crippen LogP contribution >= 0.6 is 28.1 Å². The molecule has 1 rings (SSSR count). The molecule has 0 radical (unpaired) electrons. The number of ether oxygens (including phenoxy) is 3. The van der Waals surface area contributed by atoms with Crippen molar-refractivity contribution in [3.8, 4) is 11.5 Å². The Balaban J connectivity index is 3.08. The maximum absolute atomic E-state index is 11.5. The van der Waals surface area contributed by atoms with Crippen LogP contribution in [-0.2, 0) is 9.53 Å². The van der Waals surface area contributed by atoms with E-state index in [1.807, 2.05) is 6.92 Å². The van der Waals surface area contributed by atoms with Gasteiger partial charge in [0.15, 0.2) is 22.7 Å². The fourth-order valence-electron chi connectivity index (χ4n) is 1.60. The van der Waals surface area contributed by atoms with E-state index < -0.39 is 12.1 Å². The molecule has 0 fully saturated rings. The van der Waals surface area contributed by atoms with Gasteiger partial charge in [-0.1, -0.05) is 0 Å². The first-order chi connectivity index (χ1) is 10.9. The first kappa shape index (κ1) is 19.2. The summed E-state index contributed by atoms with van der Waals surface area (Å²) < 4.78 is 16.4. The number of hydrogen-bond acceptors (Lipinski definition) is 6. The number of carbonyl (C=O) groups excluding carboxylic acids is 1. The molecule has 0 saturated heterocycles. The molecule has 0 aliphatic rings. The molecule has 0 heterocycles. The van der Waals surface area contributed by atoms with Gasteiger partial charge in [0.1, 0.15) is 0 Å². The van der Waals surface area contributed by atoms with Gasteiger partial charge < -0.3 is 19.9 Å². The van der Waals surface area contributed by atoms with E-state index in [1.54, 1.807) is 19.1 Å². The van der Waals surface area contributed by atoms with Crippen LogP contribution < -0.4 is 20.6 Å². The number of nitrogens with two attached hydrogens (primary N) is 1. The first-order valence-corrected chi connectivity index (χ1v) is 7.88. The third-order valence-electron chi connectivity index (χ3n) is 2.55. The number of halogens is 1. The van der Waals surface area contributed by atoms with Gasteiger partial charge >= 0.3 is 5.97 Å². The zero-order valence-electron chi connectivity index (χ0n) is 13.0. The minimum absolute atomic E-state index is 0.0669. The number of hydrogen-bond donors (Lipinski definition) is 2. The largest absolute Gasteiger partial charge is 0.490 e. The second-order valence-corrected chi connectivity index (χ2v) is 5.57. The third kappa shape index (κ3) is 6.03. The lowest BCUT2D eigenvalue weighted by atomic mass is 10.2. The van der Waals surface area contributed by atoms with Gasteiger partial charge in [-0.2, -0.15) is 5.10 Å². The van der Waals surface area contributed by atoms with Gasteiger partial charge in [-0.05, 0) is 59.7 Å². The van der Waals surface area contributed by atoms with Gasteiger partial charge in [0.25, 0.3) is 0 Å². The van der Waals surface area contributed by atoms with Gasteiger partial charge in [0.2, 0.25) is 0 Å². The highest BCUT2D eigenvalue weighted by molar-refractivity contribution is 9.10. The predicted molar refractivity (Wildman–Crippen MR) is 94.9 cm³/mol. The smallest absolute Gasteiger partial charge is 0.346 e. The van der Waals surface area contributed by atoms with Crippen LogP contribution in [0.25, 0.3) is 0 Å². The number of hydrazone groups is 1. The number of rotatable bonds is 7. The normalized spacial score (nSPS) is 11.8. The van der Waals surface area contributed by atoms with Gasteiger partial charge in [-0.25, -0.2) is 4.79 Å². The SMILES string of the molecule is CCOc1cc(C=NNC(N)=S)cc(Br)c1OC(C)C(=O)OC. The molecular formula is C14H18BrN3O4S. The number of thiocarbonyl (C=S) groups is 1. The van der Waals surface area contributed by atoms with Crippen LogP contribution in [0.2, 0.25) is 0 Å². The standard InChI is InChI=1S/C14H18BrN3O4S/c1-4-21-11-6-9(7-17-18-14(16)23)5-10(15)12(11)22-8(2)13(19)20-3/h5-8H,4H2,1-3H3,(H3,16,18,23). The molecule has 0 spiro atoms. The maximum atomic E-state index is 11.5. The van der Waals surface area contributed by atoms with Crippen molar-refractivity contribution in [2.45, 2.75) is 20.0 Å². The lowest BCUT2D eigenvalue weighted by Gasteiger charge is -2.17. The monoisotopic (exact) mass is 403 g/mol. The number of benzene rings is 1. The Morgan fingerprint density at radius 1 is 1.57 bits per heavy atom. The van der Waals surface area contributed by atoms with Crippen molar-refractivity contribution in [1.82, 2.24) is 5.43 Å². The van der Waals surface area contributed by atoms with E-state index in [0.29, 0.717) is 22.6 Å². The van der Waals surface area contributed by atoms with Crippen molar-refractivity contribution in [1.29, 1.82) is 0 Å². The van der Waals surface area contributed by atoms with Crippen molar-refractivity contribution < 1.29 is 19.0 Å².